The van der Waals surface area contributed by atoms with E-state index in [1.807, 2.05) is 6.92 Å². The van der Waals surface area contributed by atoms with Crippen molar-refractivity contribution < 1.29 is 23.3 Å². The molecular weight excluding hydrogens is 392 g/mol. The van der Waals surface area contributed by atoms with Crippen molar-refractivity contribution in [3.63, 3.8) is 0 Å². The van der Waals surface area contributed by atoms with E-state index in [0.717, 1.165) is 4.88 Å². The van der Waals surface area contributed by atoms with Crippen LogP contribution < -0.4 is 5.32 Å². The number of rotatable bonds is 9. The van der Waals surface area contributed by atoms with Gasteiger partial charge in [-0.05, 0) is 25.4 Å². The summed E-state index contributed by atoms with van der Waals surface area (Å²) in [6.07, 6.45) is -2.67. The molecule has 1 aromatic heterocycles. The van der Waals surface area contributed by atoms with Crippen LogP contribution in [0.5, 0.6) is 0 Å². The number of amides is 1. The maximum atomic E-state index is 12.4. The smallest absolute Gasteiger partial charge is 0.274 e. The first-order chi connectivity index (χ1) is 13.4. The van der Waals surface area contributed by atoms with Crippen LogP contribution in [-0.4, -0.2) is 47.0 Å². The number of carbonyl (C=O) groups is 1. The van der Waals surface area contributed by atoms with Crippen molar-refractivity contribution in [3.05, 3.63) is 46.0 Å². The molecule has 0 saturated carbocycles. The van der Waals surface area contributed by atoms with Crippen LogP contribution in [-0.2, 0) is 21.1 Å². The number of nitrogens with one attached hydrogen (secondary N) is 1. The molecule has 2 aromatic rings. The van der Waals surface area contributed by atoms with Gasteiger partial charge in [0.2, 0.25) is 0 Å². The van der Waals surface area contributed by atoms with Gasteiger partial charge in [-0.2, -0.15) is 0 Å². The van der Waals surface area contributed by atoms with Crippen molar-refractivity contribution in [2.75, 3.05) is 13.7 Å². The quantitative estimate of drug-likeness (QED) is 0.505. The molecule has 0 aliphatic heterocycles. The molecule has 0 saturated heterocycles. The fourth-order valence-corrected chi connectivity index (χ4v) is 2.76. The summed E-state index contributed by atoms with van der Waals surface area (Å²) in [6, 6.07) is 6.75. The molecule has 28 heavy (non-hydrogen) atoms. The first kappa shape index (κ1) is 21.4. The Balaban J connectivity index is 2.17. The van der Waals surface area contributed by atoms with Gasteiger partial charge in [-0.3, -0.25) is 4.79 Å². The summed E-state index contributed by atoms with van der Waals surface area (Å²) in [6.45, 7) is 2.85. The number of nitrogens with zero attached hydrogens (tertiary/aromatic N) is 4. The van der Waals surface area contributed by atoms with Crippen LogP contribution >= 0.6 is 11.5 Å². The second-order valence-corrected chi connectivity index (χ2v) is 6.47. The summed E-state index contributed by atoms with van der Waals surface area (Å²) in [4.78, 5) is 23.2. The van der Waals surface area contributed by atoms with Gasteiger partial charge in [-0.25, -0.2) is 8.78 Å². The third-order valence-electron chi connectivity index (χ3n) is 3.50. The van der Waals surface area contributed by atoms with Gasteiger partial charge in [0.25, 0.3) is 12.3 Å². The second kappa shape index (κ2) is 10.4. The third-order valence-corrected chi connectivity index (χ3v) is 4.13. The fourth-order valence-electron chi connectivity index (χ4n) is 2.24. The Morgan fingerprint density at radius 2 is 2.07 bits per heavy atom. The first-order valence-corrected chi connectivity index (χ1v) is 8.93. The molecular formula is C17H19F2N5O3S. The molecule has 0 unspecified atom stereocenters. The van der Waals surface area contributed by atoms with Crippen molar-refractivity contribution in [2.24, 2.45) is 10.3 Å². The van der Waals surface area contributed by atoms with Gasteiger partial charge in [-0.15, -0.1) is 5.10 Å². The number of hydrogen-bond acceptors (Lipinski definition) is 8. The summed E-state index contributed by atoms with van der Waals surface area (Å²) in [5, 5.41) is 13.8. The Morgan fingerprint density at radius 1 is 1.32 bits per heavy atom. The van der Waals surface area contributed by atoms with E-state index in [-0.39, 0.29) is 12.3 Å². The molecule has 11 heteroatoms. The largest absolute Gasteiger partial charge is 0.398 e. The van der Waals surface area contributed by atoms with E-state index in [1.54, 1.807) is 31.2 Å². The average Bonchev–Trinajstić information content (AvgIpc) is 3.10. The zero-order chi connectivity index (χ0) is 20.5. The van der Waals surface area contributed by atoms with Crippen molar-refractivity contribution >= 4 is 28.9 Å². The number of aryl methyl sites for hydroxylation is 1. The summed E-state index contributed by atoms with van der Waals surface area (Å²) in [5.74, 6) is -0.779. The number of benzene rings is 1. The lowest BCUT2D eigenvalue weighted by Crippen LogP contribution is -2.35. The molecule has 150 valence electrons. The van der Waals surface area contributed by atoms with Crippen LogP contribution in [0.1, 0.15) is 28.6 Å². The van der Waals surface area contributed by atoms with Crippen LogP contribution in [0.25, 0.3) is 0 Å². The van der Waals surface area contributed by atoms with E-state index in [0.29, 0.717) is 22.5 Å². The number of oxime groups is 2. The molecule has 1 N–H and O–H groups in total. The van der Waals surface area contributed by atoms with E-state index in [1.165, 1.54) is 18.6 Å². The minimum Gasteiger partial charge on any atom is -0.398 e. The number of halogens is 2. The van der Waals surface area contributed by atoms with Crippen molar-refractivity contribution in [1.82, 2.24) is 14.9 Å². The van der Waals surface area contributed by atoms with E-state index in [9.17, 15) is 13.6 Å². The van der Waals surface area contributed by atoms with E-state index >= 15 is 0 Å². The van der Waals surface area contributed by atoms with Gasteiger partial charge in [0.05, 0.1) is 11.4 Å². The summed E-state index contributed by atoms with van der Waals surface area (Å²) < 4.78 is 28.6. The Morgan fingerprint density at radius 3 is 2.71 bits per heavy atom. The lowest BCUT2D eigenvalue weighted by Gasteiger charge is -2.11. The molecule has 0 aliphatic carbocycles. The average molecular weight is 411 g/mol. The van der Waals surface area contributed by atoms with Crippen molar-refractivity contribution in [1.29, 1.82) is 0 Å². The highest BCUT2D eigenvalue weighted by molar-refractivity contribution is 7.05. The van der Waals surface area contributed by atoms with Gasteiger partial charge >= 0.3 is 0 Å². The third kappa shape index (κ3) is 5.78. The molecule has 0 radical (unpaired) electrons. The SMILES string of the molecule is CO/N=C(/C(=O)NCC(F)F)c1ccccc1CO/N=C(/C)c1nnsc1C. The molecule has 0 bridgehead atoms. The topological polar surface area (TPSA) is 98.1 Å². The van der Waals surface area contributed by atoms with Gasteiger partial charge in [0.1, 0.15) is 25.1 Å². The highest BCUT2D eigenvalue weighted by Gasteiger charge is 2.19. The van der Waals surface area contributed by atoms with Crippen molar-refractivity contribution in [3.8, 4) is 0 Å². The van der Waals surface area contributed by atoms with Crippen LogP contribution in [0.3, 0.4) is 0 Å². The Labute approximate surface area is 164 Å². The summed E-state index contributed by atoms with van der Waals surface area (Å²) in [5.41, 5.74) is 2.03. The highest BCUT2D eigenvalue weighted by atomic mass is 32.1. The second-order valence-electron chi connectivity index (χ2n) is 5.51. The zero-order valence-corrected chi connectivity index (χ0v) is 16.3. The van der Waals surface area contributed by atoms with Gasteiger partial charge in [0.15, 0.2) is 5.71 Å². The number of carbonyl (C=O) groups excluding carboxylic acids is 1. The lowest BCUT2D eigenvalue weighted by atomic mass is 10.0. The molecule has 0 atom stereocenters. The van der Waals surface area contributed by atoms with Gasteiger partial charge in [0, 0.05) is 11.1 Å². The molecule has 8 nitrogen and oxygen atoms in total. The first-order valence-electron chi connectivity index (χ1n) is 8.15. The summed E-state index contributed by atoms with van der Waals surface area (Å²) >= 11 is 1.26. The molecule has 0 aliphatic rings. The van der Waals surface area contributed by atoms with Crippen LogP contribution in [0.2, 0.25) is 0 Å². The molecule has 1 aromatic carbocycles. The van der Waals surface area contributed by atoms with Crippen LogP contribution in [0, 0.1) is 6.92 Å². The molecule has 1 amide bonds. The normalized spacial score (nSPS) is 12.2. The highest BCUT2D eigenvalue weighted by Crippen LogP contribution is 2.14. The van der Waals surface area contributed by atoms with Gasteiger partial charge < -0.3 is 15.0 Å². The Kier molecular flexibility index (Phi) is 7.93. The maximum absolute atomic E-state index is 12.4. The molecule has 2 rings (SSSR count). The maximum Gasteiger partial charge on any atom is 0.274 e. The number of aromatic nitrogens is 2. The Bertz CT molecular complexity index is 870. The standard InChI is InChI=1S/C17H19F2N5O3S/c1-10(15-11(2)28-24-21-15)22-27-9-12-6-4-5-7-13(12)16(23-26-3)17(25)20-8-14(18)19/h4-7,14H,8-9H2,1-3H3,(H,20,25)/b22-10-,23-16+. The zero-order valence-electron chi connectivity index (χ0n) is 15.5. The molecule has 0 fully saturated rings. The van der Waals surface area contributed by atoms with E-state index in [2.05, 4.69) is 25.2 Å². The Hall–Kier alpha value is -2.95. The fraction of sp³-hybridized carbons (Fsp3) is 0.353. The minimum absolute atomic E-state index is 0.0228. The predicted molar refractivity (Wildman–Crippen MR) is 101 cm³/mol. The summed E-state index contributed by atoms with van der Waals surface area (Å²) in [7, 11) is 1.26. The van der Waals surface area contributed by atoms with Gasteiger partial charge in [-0.1, -0.05) is 39.1 Å². The molecule has 1 heterocycles. The minimum atomic E-state index is -2.67. The van der Waals surface area contributed by atoms with Crippen LogP contribution in [0.15, 0.2) is 34.6 Å². The predicted octanol–water partition coefficient (Wildman–Crippen LogP) is 2.52. The van der Waals surface area contributed by atoms with Crippen molar-refractivity contribution in [2.45, 2.75) is 26.9 Å². The number of alkyl halides is 2. The monoisotopic (exact) mass is 411 g/mol. The van der Waals surface area contributed by atoms with Crippen LogP contribution in [0.4, 0.5) is 8.78 Å². The van der Waals surface area contributed by atoms with E-state index in [4.69, 9.17) is 9.68 Å². The lowest BCUT2D eigenvalue weighted by molar-refractivity contribution is -0.115. The van der Waals surface area contributed by atoms with E-state index < -0.39 is 18.9 Å². The number of hydrogen-bond donors (Lipinski definition) is 1. The molecule has 0 spiro atoms.